The average molecular weight is 290 g/mol. The van der Waals surface area contributed by atoms with E-state index in [0.717, 1.165) is 5.69 Å². The van der Waals surface area contributed by atoms with Gasteiger partial charge in [-0.25, -0.2) is 0 Å². The maximum atomic E-state index is 12.2. The van der Waals surface area contributed by atoms with E-state index in [2.05, 4.69) is 10.5 Å². The molecule has 3 rings (SSSR count). The van der Waals surface area contributed by atoms with Gasteiger partial charge in [0.2, 0.25) is 0 Å². The summed E-state index contributed by atoms with van der Waals surface area (Å²) in [5, 5.41) is 4.63. The van der Waals surface area contributed by atoms with Gasteiger partial charge in [0.15, 0.2) is 5.43 Å². The fraction of sp³-hybridized carbons (Fsp3) is 0. The van der Waals surface area contributed by atoms with E-state index in [1.807, 2.05) is 42.5 Å². The number of nitrogens with one attached hydrogen (secondary N) is 1. The lowest BCUT2D eigenvalue weighted by Crippen LogP contribution is -2.04. The highest BCUT2D eigenvalue weighted by Gasteiger charge is 2.02. The Hall–Kier alpha value is -3.14. The van der Waals surface area contributed by atoms with Crippen molar-refractivity contribution < 1.29 is 4.42 Å². The van der Waals surface area contributed by atoms with E-state index in [-0.39, 0.29) is 5.43 Å². The summed E-state index contributed by atoms with van der Waals surface area (Å²) in [7, 11) is 0. The summed E-state index contributed by atoms with van der Waals surface area (Å²) in [5.41, 5.74) is 4.82. The monoisotopic (exact) mass is 290 g/mol. The van der Waals surface area contributed by atoms with Gasteiger partial charge in [0.1, 0.15) is 11.8 Å². The van der Waals surface area contributed by atoms with Crippen LogP contribution in [0.5, 0.6) is 0 Å². The molecule has 22 heavy (non-hydrogen) atoms. The Kier molecular flexibility index (Phi) is 4.11. The van der Waals surface area contributed by atoms with Crippen molar-refractivity contribution in [3.63, 3.8) is 0 Å². The topological polar surface area (TPSA) is 54.6 Å². The Morgan fingerprint density at radius 3 is 2.64 bits per heavy atom. The van der Waals surface area contributed by atoms with Crippen molar-refractivity contribution in [1.29, 1.82) is 0 Å². The molecule has 4 heteroatoms. The molecule has 0 aliphatic heterocycles. The van der Waals surface area contributed by atoms with E-state index in [1.54, 1.807) is 30.5 Å². The maximum Gasteiger partial charge on any atom is 0.199 e. The molecule has 3 aromatic rings. The molecule has 0 fully saturated rings. The number of para-hydroxylation sites is 2. The SMILES string of the molecule is O=c1c(/C=C/C=N/Nc2ccccc2)coc2ccccc12. The first-order valence-corrected chi connectivity index (χ1v) is 6.86. The molecular weight excluding hydrogens is 276 g/mol. The van der Waals surface area contributed by atoms with Crippen LogP contribution in [0.1, 0.15) is 5.56 Å². The van der Waals surface area contributed by atoms with Crippen LogP contribution in [0.15, 0.2) is 81.2 Å². The third-order valence-electron chi connectivity index (χ3n) is 3.11. The first-order valence-electron chi connectivity index (χ1n) is 6.86. The molecule has 0 saturated carbocycles. The van der Waals surface area contributed by atoms with Crippen molar-refractivity contribution in [3.8, 4) is 0 Å². The van der Waals surface area contributed by atoms with Crippen LogP contribution in [0.4, 0.5) is 5.69 Å². The molecule has 0 bridgehead atoms. The highest BCUT2D eigenvalue weighted by molar-refractivity contribution is 5.82. The maximum absolute atomic E-state index is 12.2. The van der Waals surface area contributed by atoms with Crippen LogP contribution < -0.4 is 10.9 Å². The predicted molar refractivity (Wildman–Crippen MR) is 90.1 cm³/mol. The highest BCUT2D eigenvalue weighted by atomic mass is 16.3. The molecule has 108 valence electrons. The van der Waals surface area contributed by atoms with E-state index in [0.29, 0.717) is 16.5 Å². The third-order valence-corrected chi connectivity index (χ3v) is 3.11. The summed E-state index contributed by atoms with van der Waals surface area (Å²) in [4.78, 5) is 12.2. The summed E-state index contributed by atoms with van der Waals surface area (Å²) in [6.07, 6.45) is 6.41. The molecule has 0 aliphatic carbocycles. The number of fused-ring (bicyclic) bond motifs is 1. The summed E-state index contributed by atoms with van der Waals surface area (Å²) in [5.74, 6) is 0. The van der Waals surface area contributed by atoms with E-state index in [9.17, 15) is 4.79 Å². The van der Waals surface area contributed by atoms with E-state index < -0.39 is 0 Å². The van der Waals surface area contributed by atoms with Gasteiger partial charge in [-0.15, -0.1) is 0 Å². The number of nitrogens with zero attached hydrogens (tertiary/aromatic N) is 1. The second-order valence-electron chi connectivity index (χ2n) is 4.63. The largest absolute Gasteiger partial charge is 0.463 e. The van der Waals surface area contributed by atoms with Crippen molar-refractivity contribution in [3.05, 3.63) is 82.7 Å². The van der Waals surface area contributed by atoms with E-state index in [4.69, 9.17) is 4.42 Å². The Labute approximate surface area is 127 Å². The fourth-order valence-electron chi connectivity index (χ4n) is 2.02. The van der Waals surface area contributed by atoms with Crippen molar-refractivity contribution in [2.24, 2.45) is 5.10 Å². The first-order chi connectivity index (χ1) is 10.8. The summed E-state index contributed by atoms with van der Waals surface area (Å²) >= 11 is 0. The number of rotatable bonds is 4. The zero-order valence-corrected chi connectivity index (χ0v) is 11.8. The minimum Gasteiger partial charge on any atom is -0.463 e. The molecule has 1 heterocycles. The average Bonchev–Trinajstić information content (AvgIpc) is 2.58. The zero-order chi connectivity index (χ0) is 15.2. The first kappa shape index (κ1) is 13.8. The molecule has 0 saturated heterocycles. The van der Waals surface area contributed by atoms with Crippen LogP contribution in [0, 0.1) is 0 Å². The van der Waals surface area contributed by atoms with Crippen molar-refractivity contribution in [2.45, 2.75) is 0 Å². The van der Waals surface area contributed by atoms with Gasteiger partial charge in [-0.1, -0.05) is 30.3 Å². The zero-order valence-electron chi connectivity index (χ0n) is 11.8. The van der Waals surface area contributed by atoms with Gasteiger partial charge >= 0.3 is 0 Å². The molecule has 4 nitrogen and oxygen atoms in total. The molecule has 0 spiro atoms. The Morgan fingerprint density at radius 2 is 1.77 bits per heavy atom. The molecular formula is C18H14N2O2. The molecule has 0 radical (unpaired) electrons. The van der Waals surface area contributed by atoms with Crippen molar-refractivity contribution >= 4 is 28.9 Å². The molecule has 0 amide bonds. The van der Waals surface area contributed by atoms with E-state index >= 15 is 0 Å². The lowest BCUT2D eigenvalue weighted by atomic mass is 10.1. The number of hydrogen-bond donors (Lipinski definition) is 1. The van der Waals surface area contributed by atoms with Crippen LogP contribution in [0.3, 0.4) is 0 Å². The van der Waals surface area contributed by atoms with Crippen LogP contribution >= 0.6 is 0 Å². The van der Waals surface area contributed by atoms with Crippen molar-refractivity contribution in [1.82, 2.24) is 0 Å². The molecule has 1 aromatic heterocycles. The number of hydrazone groups is 1. The lowest BCUT2D eigenvalue weighted by Gasteiger charge is -1.97. The van der Waals surface area contributed by atoms with E-state index in [1.165, 1.54) is 6.26 Å². The van der Waals surface area contributed by atoms with Gasteiger partial charge in [0, 0.05) is 6.21 Å². The smallest absolute Gasteiger partial charge is 0.199 e. The van der Waals surface area contributed by atoms with Crippen molar-refractivity contribution in [2.75, 3.05) is 5.43 Å². The summed E-state index contributed by atoms with van der Waals surface area (Å²) < 4.78 is 5.44. The predicted octanol–water partition coefficient (Wildman–Crippen LogP) is 3.90. The van der Waals surface area contributed by atoms with Crippen LogP contribution in [0.25, 0.3) is 17.0 Å². The molecule has 2 aromatic carbocycles. The second-order valence-corrected chi connectivity index (χ2v) is 4.63. The Morgan fingerprint density at radius 1 is 1.00 bits per heavy atom. The fourth-order valence-corrected chi connectivity index (χ4v) is 2.02. The molecule has 0 atom stereocenters. The summed E-state index contributed by atoms with van der Waals surface area (Å²) in [6, 6.07) is 16.8. The minimum atomic E-state index is -0.0532. The number of anilines is 1. The molecule has 0 unspecified atom stereocenters. The highest BCUT2D eigenvalue weighted by Crippen LogP contribution is 2.11. The van der Waals surface area contributed by atoms with Gasteiger partial charge in [-0.3, -0.25) is 10.2 Å². The van der Waals surface area contributed by atoms with Gasteiger partial charge in [0.25, 0.3) is 0 Å². The second kappa shape index (κ2) is 6.54. The van der Waals surface area contributed by atoms with Crippen LogP contribution in [0.2, 0.25) is 0 Å². The van der Waals surface area contributed by atoms with Gasteiger partial charge in [-0.05, 0) is 36.4 Å². The normalized spacial score (nSPS) is 11.5. The summed E-state index contributed by atoms with van der Waals surface area (Å²) in [6.45, 7) is 0. The van der Waals surface area contributed by atoms with Gasteiger partial charge in [0.05, 0.1) is 16.6 Å². The number of benzene rings is 2. The standard InChI is InChI=1S/C18H14N2O2/c21-18-14(13-22-17-11-5-4-10-16(17)18)7-6-12-19-20-15-8-2-1-3-9-15/h1-13,20H/b7-6+,19-12+. The molecule has 0 aliphatic rings. The van der Waals surface area contributed by atoms with Crippen LogP contribution in [-0.2, 0) is 0 Å². The quantitative estimate of drug-likeness (QED) is 0.585. The Balaban J connectivity index is 1.73. The van der Waals surface area contributed by atoms with Gasteiger partial charge in [-0.2, -0.15) is 5.10 Å². The third kappa shape index (κ3) is 3.12. The lowest BCUT2D eigenvalue weighted by molar-refractivity contribution is 0.601. The molecule has 1 N–H and O–H groups in total. The minimum absolute atomic E-state index is 0.0532. The number of hydrogen-bond acceptors (Lipinski definition) is 4. The van der Waals surface area contributed by atoms with Gasteiger partial charge < -0.3 is 4.42 Å². The number of allylic oxidation sites excluding steroid dienone is 1. The van der Waals surface area contributed by atoms with Crippen LogP contribution in [-0.4, -0.2) is 6.21 Å². The Bertz CT molecular complexity index is 880.